The van der Waals surface area contributed by atoms with Crippen LogP contribution >= 0.6 is 0 Å². The standard InChI is InChI=1S/C15H26/c1-4-7-8-9-10-11-12-14-15(6-3)13-5-2/h5-6,13H,2-4,7-12,14H2,1H3/b15-13+. The van der Waals surface area contributed by atoms with E-state index in [9.17, 15) is 0 Å². The molecule has 0 fully saturated rings. The summed E-state index contributed by atoms with van der Waals surface area (Å²) in [6.07, 6.45) is 16.6. The Balaban J connectivity index is 3.33. The summed E-state index contributed by atoms with van der Waals surface area (Å²) < 4.78 is 0. The molecule has 0 unspecified atom stereocenters. The average molecular weight is 206 g/mol. The first-order valence-corrected chi connectivity index (χ1v) is 6.29. The molecule has 0 aliphatic heterocycles. The Morgan fingerprint density at radius 2 is 1.53 bits per heavy atom. The van der Waals surface area contributed by atoms with Crippen molar-refractivity contribution in [3.63, 3.8) is 0 Å². The number of unbranched alkanes of at least 4 members (excludes halogenated alkanes) is 6. The second-order valence-corrected chi connectivity index (χ2v) is 4.05. The second-order valence-electron chi connectivity index (χ2n) is 4.05. The van der Waals surface area contributed by atoms with Gasteiger partial charge in [0.15, 0.2) is 0 Å². The van der Waals surface area contributed by atoms with Crippen LogP contribution in [0.15, 0.2) is 37.0 Å². The van der Waals surface area contributed by atoms with E-state index < -0.39 is 0 Å². The molecule has 0 heteroatoms. The zero-order valence-electron chi connectivity index (χ0n) is 10.3. The van der Waals surface area contributed by atoms with Crippen molar-refractivity contribution in [2.75, 3.05) is 0 Å². The molecule has 0 aromatic rings. The summed E-state index contributed by atoms with van der Waals surface area (Å²) in [5, 5.41) is 0. The minimum atomic E-state index is 1.16. The van der Waals surface area contributed by atoms with Gasteiger partial charge in [-0.15, -0.1) is 0 Å². The smallest absolute Gasteiger partial charge is 0.0279 e. The van der Waals surface area contributed by atoms with Crippen LogP contribution in [0.5, 0.6) is 0 Å². The average Bonchev–Trinajstić information content (AvgIpc) is 2.26. The Labute approximate surface area is 95.8 Å². The van der Waals surface area contributed by atoms with Crippen molar-refractivity contribution < 1.29 is 0 Å². The third-order valence-electron chi connectivity index (χ3n) is 2.66. The highest BCUT2D eigenvalue weighted by molar-refractivity contribution is 5.20. The maximum absolute atomic E-state index is 3.80. The molecule has 0 aliphatic rings. The van der Waals surface area contributed by atoms with Gasteiger partial charge >= 0.3 is 0 Å². The Morgan fingerprint density at radius 1 is 0.933 bits per heavy atom. The van der Waals surface area contributed by atoms with Crippen LogP contribution in [0.2, 0.25) is 0 Å². The topological polar surface area (TPSA) is 0 Å². The normalized spacial score (nSPS) is 11.4. The van der Waals surface area contributed by atoms with E-state index in [0.29, 0.717) is 0 Å². The fourth-order valence-electron chi connectivity index (χ4n) is 1.69. The predicted molar refractivity (Wildman–Crippen MR) is 71.1 cm³/mol. The van der Waals surface area contributed by atoms with Gasteiger partial charge in [0.05, 0.1) is 0 Å². The minimum Gasteiger partial charge on any atom is -0.0991 e. The fourth-order valence-corrected chi connectivity index (χ4v) is 1.69. The van der Waals surface area contributed by atoms with Gasteiger partial charge in [-0.2, -0.15) is 0 Å². The van der Waals surface area contributed by atoms with Gasteiger partial charge < -0.3 is 0 Å². The number of rotatable bonds is 10. The van der Waals surface area contributed by atoms with Crippen LogP contribution in [0.25, 0.3) is 0 Å². The summed E-state index contributed by atoms with van der Waals surface area (Å²) in [7, 11) is 0. The molecule has 0 nitrogen and oxygen atoms in total. The zero-order valence-corrected chi connectivity index (χ0v) is 10.3. The lowest BCUT2D eigenvalue weighted by Gasteiger charge is -2.02. The molecule has 0 aromatic heterocycles. The van der Waals surface area contributed by atoms with E-state index >= 15 is 0 Å². The Bertz CT molecular complexity index is 186. The van der Waals surface area contributed by atoms with Gasteiger partial charge in [-0.3, -0.25) is 0 Å². The van der Waals surface area contributed by atoms with Crippen LogP contribution in [0, 0.1) is 0 Å². The van der Waals surface area contributed by atoms with Crippen molar-refractivity contribution in [3.05, 3.63) is 37.0 Å². The predicted octanol–water partition coefficient (Wildman–Crippen LogP) is 5.43. The lowest BCUT2D eigenvalue weighted by atomic mass is 10.0. The van der Waals surface area contributed by atoms with Crippen molar-refractivity contribution in [1.29, 1.82) is 0 Å². The van der Waals surface area contributed by atoms with Crippen LogP contribution in [0.3, 0.4) is 0 Å². The molecule has 0 aromatic carbocycles. The summed E-state index contributed by atoms with van der Waals surface area (Å²) in [5.74, 6) is 0. The highest BCUT2D eigenvalue weighted by Crippen LogP contribution is 2.12. The van der Waals surface area contributed by atoms with Crippen LogP contribution in [0.1, 0.15) is 58.3 Å². The summed E-state index contributed by atoms with van der Waals surface area (Å²) in [5.41, 5.74) is 1.32. The van der Waals surface area contributed by atoms with E-state index in [0.717, 1.165) is 6.42 Å². The monoisotopic (exact) mass is 206 g/mol. The van der Waals surface area contributed by atoms with Crippen LogP contribution < -0.4 is 0 Å². The maximum Gasteiger partial charge on any atom is -0.0279 e. The van der Waals surface area contributed by atoms with Gasteiger partial charge in [-0.1, -0.05) is 76.8 Å². The molecule has 0 aliphatic carbocycles. The molecule has 0 rings (SSSR count). The summed E-state index contributed by atoms with van der Waals surface area (Å²) >= 11 is 0. The summed E-state index contributed by atoms with van der Waals surface area (Å²) in [6, 6.07) is 0. The molecule has 0 atom stereocenters. The van der Waals surface area contributed by atoms with E-state index in [2.05, 4.69) is 26.2 Å². The highest BCUT2D eigenvalue weighted by atomic mass is 14.0. The fraction of sp³-hybridized carbons (Fsp3) is 0.600. The van der Waals surface area contributed by atoms with Gasteiger partial charge in [0.25, 0.3) is 0 Å². The first-order chi connectivity index (χ1) is 7.35. The van der Waals surface area contributed by atoms with Gasteiger partial charge in [-0.25, -0.2) is 0 Å². The van der Waals surface area contributed by atoms with Gasteiger partial charge in [0.1, 0.15) is 0 Å². The van der Waals surface area contributed by atoms with E-state index in [4.69, 9.17) is 0 Å². The third-order valence-corrected chi connectivity index (χ3v) is 2.66. The molecule has 0 heterocycles. The quantitative estimate of drug-likeness (QED) is 0.330. The van der Waals surface area contributed by atoms with E-state index in [1.165, 1.54) is 50.5 Å². The van der Waals surface area contributed by atoms with Crippen molar-refractivity contribution in [2.24, 2.45) is 0 Å². The molecule has 0 N–H and O–H groups in total. The third kappa shape index (κ3) is 9.52. The minimum absolute atomic E-state index is 1.16. The molecule has 0 spiro atoms. The van der Waals surface area contributed by atoms with Gasteiger partial charge in [-0.05, 0) is 18.4 Å². The van der Waals surface area contributed by atoms with Crippen molar-refractivity contribution in [1.82, 2.24) is 0 Å². The molecule has 86 valence electrons. The van der Waals surface area contributed by atoms with Crippen molar-refractivity contribution >= 4 is 0 Å². The van der Waals surface area contributed by atoms with Crippen molar-refractivity contribution in [3.8, 4) is 0 Å². The van der Waals surface area contributed by atoms with Crippen molar-refractivity contribution in [2.45, 2.75) is 58.3 Å². The van der Waals surface area contributed by atoms with Crippen LogP contribution in [-0.2, 0) is 0 Å². The first kappa shape index (κ1) is 14.2. The Morgan fingerprint density at radius 3 is 2.07 bits per heavy atom. The Hall–Kier alpha value is -0.780. The molecular weight excluding hydrogens is 180 g/mol. The maximum atomic E-state index is 3.80. The largest absolute Gasteiger partial charge is 0.0991 e. The number of allylic oxidation sites excluding steroid dienone is 4. The van der Waals surface area contributed by atoms with Crippen LogP contribution in [-0.4, -0.2) is 0 Å². The lowest BCUT2D eigenvalue weighted by Crippen LogP contribution is -1.82. The molecule has 0 bridgehead atoms. The molecule has 0 radical (unpaired) electrons. The molecule has 0 saturated heterocycles. The zero-order chi connectivity index (χ0) is 11.4. The SMILES string of the molecule is C=C/C=C(\C=C)CCCCCCCCC. The van der Waals surface area contributed by atoms with Crippen LogP contribution in [0.4, 0.5) is 0 Å². The summed E-state index contributed by atoms with van der Waals surface area (Å²) in [4.78, 5) is 0. The molecule has 0 saturated carbocycles. The highest BCUT2D eigenvalue weighted by Gasteiger charge is 1.93. The van der Waals surface area contributed by atoms with Gasteiger partial charge in [0.2, 0.25) is 0 Å². The summed E-state index contributed by atoms with van der Waals surface area (Å²) in [6.45, 7) is 9.77. The van der Waals surface area contributed by atoms with E-state index in [1.807, 2.05) is 12.2 Å². The van der Waals surface area contributed by atoms with E-state index in [1.54, 1.807) is 0 Å². The second kappa shape index (κ2) is 11.3. The van der Waals surface area contributed by atoms with Gasteiger partial charge in [0, 0.05) is 0 Å². The molecule has 15 heavy (non-hydrogen) atoms. The molecular formula is C15H26. The first-order valence-electron chi connectivity index (χ1n) is 6.29. The lowest BCUT2D eigenvalue weighted by molar-refractivity contribution is 0.590. The van der Waals surface area contributed by atoms with E-state index in [-0.39, 0.29) is 0 Å². The molecule has 0 amide bonds. The Kier molecular flexibility index (Phi) is 10.7. The number of hydrogen-bond donors (Lipinski definition) is 0. The number of hydrogen-bond acceptors (Lipinski definition) is 0.